The Morgan fingerprint density at radius 1 is 0.839 bits per heavy atom. The quantitative estimate of drug-likeness (QED) is 0.344. The molecular formula is C23H21N7O. The van der Waals surface area contributed by atoms with Crippen molar-refractivity contribution in [3.8, 4) is 0 Å². The summed E-state index contributed by atoms with van der Waals surface area (Å²) in [5, 5.41) is 3.08. The number of hydrogen-bond acceptors (Lipinski definition) is 7. The molecule has 0 radical (unpaired) electrons. The van der Waals surface area contributed by atoms with Gasteiger partial charge in [-0.15, -0.1) is 0 Å². The number of anilines is 4. The lowest BCUT2D eigenvalue weighted by atomic mass is 9.91. The van der Waals surface area contributed by atoms with Gasteiger partial charge in [-0.1, -0.05) is 60.7 Å². The van der Waals surface area contributed by atoms with Crippen molar-refractivity contribution in [2.24, 2.45) is 0 Å². The Labute approximate surface area is 179 Å². The molecule has 2 heterocycles. The average molecular weight is 411 g/mol. The van der Waals surface area contributed by atoms with Crippen LogP contribution in [0.1, 0.15) is 17.0 Å². The Hall–Kier alpha value is -4.46. The van der Waals surface area contributed by atoms with E-state index in [1.165, 1.54) is 6.33 Å². The van der Waals surface area contributed by atoms with Crippen LogP contribution in [-0.2, 0) is 4.79 Å². The SMILES string of the molecule is Nc1c(NNC(=O)C(c2ccccc2)c2ccccc2)ncnc1Nc1cccnc1. The van der Waals surface area contributed by atoms with Crippen molar-refractivity contribution in [2.75, 3.05) is 16.5 Å². The van der Waals surface area contributed by atoms with E-state index in [2.05, 4.69) is 31.1 Å². The van der Waals surface area contributed by atoms with Crippen molar-refractivity contribution in [2.45, 2.75) is 5.92 Å². The molecule has 8 heteroatoms. The first kappa shape index (κ1) is 19.8. The van der Waals surface area contributed by atoms with Crippen molar-refractivity contribution >= 4 is 28.9 Å². The normalized spacial score (nSPS) is 10.5. The highest BCUT2D eigenvalue weighted by Gasteiger charge is 2.23. The average Bonchev–Trinajstić information content (AvgIpc) is 2.82. The van der Waals surface area contributed by atoms with Gasteiger partial charge in [0.2, 0.25) is 5.91 Å². The maximum atomic E-state index is 13.1. The van der Waals surface area contributed by atoms with Gasteiger partial charge in [0.25, 0.3) is 0 Å². The van der Waals surface area contributed by atoms with Crippen LogP contribution < -0.4 is 21.9 Å². The molecule has 0 atom stereocenters. The van der Waals surface area contributed by atoms with Crippen LogP contribution >= 0.6 is 0 Å². The fourth-order valence-electron chi connectivity index (χ4n) is 3.15. The van der Waals surface area contributed by atoms with Crippen LogP contribution in [-0.4, -0.2) is 20.9 Å². The second-order valence-corrected chi connectivity index (χ2v) is 6.72. The van der Waals surface area contributed by atoms with Gasteiger partial charge in [0.05, 0.1) is 17.8 Å². The van der Waals surface area contributed by atoms with Gasteiger partial charge in [-0.05, 0) is 23.3 Å². The zero-order valence-electron chi connectivity index (χ0n) is 16.6. The monoisotopic (exact) mass is 411 g/mol. The highest BCUT2D eigenvalue weighted by molar-refractivity contribution is 5.88. The molecule has 2 aromatic carbocycles. The van der Waals surface area contributed by atoms with Crippen LogP contribution in [0.25, 0.3) is 0 Å². The van der Waals surface area contributed by atoms with E-state index in [1.54, 1.807) is 18.5 Å². The maximum absolute atomic E-state index is 13.1. The van der Waals surface area contributed by atoms with E-state index in [0.29, 0.717) is 5.82 Å². The second kappa shape index (κ2) is 9.36. The van der Waals surface area contributed by atoms with E-state index in [-0.39, 0.29) is 17.4 Å². The number of nitrogens with two attached hydrogens (primary N) is 1. The molecule has 0 bridgehead atoms. The van der Waals surface area contributed by atoms with Gasteiger partial charge >= 0.3 is 0 Å². The van der Waals surface area contributed by atoms with Crippen molar-refractivity contribution in [1.29, 1.82) is 0 Å². The summed E-state index contributed by atoms with van der Waals surface area (Å²) in [5.41, 5.74) is 14.5. The molecule has 154 valence electrons. The third-order valence-corrected chi connectivity index (χ3v) is 4.64. The Kier molecular flexibility index (Phi) is 5.99. The van der Waals surface area contributed by atoms with Gasteiger partial charge in [-0.2, -0.15) is 0 Å². The number of nitrogens with zero attached hydrogens (tertiary/aromatic N) is 3. The van der Waals surface area contributed by atoms with Gasteiger partial charge in [0, 0.05) is 6.20 Å². The summed E-state index contributed by atoms with van der Waals surface area (Å²) in [7, 11) is 0. The van der Waals surface area contributed by atoms with E-state index >= 15 is 0 Å². The van der Waals surface area contributed by atoms with E-state index in [1.807, 2.05) is 66.7 Å². The summed E-state index contributed by atoms with van der Waals surface area (Å²) >= 11 is 0. The molecule has 31 heavy (non-hydrogen) atoms. The van der Waals surface area contributed by atoms with E-state index in [9.17, 15) is 4.79 Å². The summed E-state index contributed by atoms with van der Waals surface area (Å²) in [4.78, 5) is 25.5. The molecule has 0 spiro atoms. The number of nitrogens with one attached hydrogen (secondary N) is 3. The lowest BCUT2D eigenvalue weighted by Gasteiger charge is -2.19. The zero-order valence-corrected chi connectivity index (χ0v) is 16.6. The predicted octanol–water partition coefficient (Wildman–Crippen LogP) is 3.47. The molecule has 0 aliphatic rings. The van der Waals surface area contributed by atoms with Crippen LogP contribution in [0.15, 0.2) is 91.5 Å². The third kappa shape index (κ3) is 4.76. The number of rotatable bonds is 7. The number of benzene rings is 2. The second-order valence-electron chi connectivity index (χ2n) is 6.72. The highest BCUT2D eigenvalue weighted by atomic mass is 16.2. The Morgan fingerprint density at radius 3 is 2.10 bits per heavy atom. The first-order chi connectivity index (χ1) is 15.2. The number of hydrogen-bond donors (Lipinski definition) is 4. The van der Waals surface area contributed by atoms with E-state index in [4.69, 9.17) is 5.73 Å². The minimum absolute atomic E-state index is 0.239. The van der Waals surface area contributed by atoms with Crippen LogP contribution in [0.4, 0.5) is 23.0 Å². The summed E-state index contributed by atoms with van der Waals surface area (Å²) < 4.78 is 0. The van der Waals surface area contributed by atoms with Crippen LogP contribution in [0.2, 0.25) is 0 Å². The first-order valence-electron chi connectivity index (χ1n) is 9.65. The van der Waals surface area contributed by atoms with Crippen LogP contribution in [0, 0.1) is 0 Å². The van der Waals surface area contributed by atoms with Crippen LogP contribution in [0.3, 0.4) is 0 Å². The molecule has 0 unspecified atom stereocenters. The largest absolute Gasteiger partial charge is 0.393 e. The molecule has 0 saturated heterocycles. The number of aromatic nitrogens is 3. The predicted molar refractivity (Wildman–Crippen MR) is 120 cm³/mol. The summed E-state index contributed by atoms with van der Waals surface area (Å²) in [6.07, 6.45) is 4.68. The van der Waals surface area contributed by atoms with Crippen LogP contribution in [0.5, 0.6) is 0 Å². The number of hydrazine groups is 1. The first-order valence-corrected chi connectivity index (χ1v) is 9.65. The lowest BCUT2D eigenvalue weighted by Crippen LogP contribution is -2.35. The van der Waals surface area contributed by atoms with Crippen molar-refractivity contribution < 1.29 is 4.79 Å². The molecule has 1 amide bonds. The summed E-state index contributed by atoms with van der Waals surface area (Å²) in [5.74, 6) is -0.0415. The molecule has 4 rings (SSSR count). The number of carbonyl (C=O) groups is 1. The molecule has 0 saturated carbocycles. The lowest BCUT2D eigenvalue weighted by molar-refractivity contribution is -0.121. The topological polar surface area (TPSA) is 118 Å². The Balaban J connectivity index is 1.52. The fourth-order valence-corrected chi connectivity index (χ4v) is 3.15. The van der Waals surface area contributed by atoms with E-state index < -0.39 is 5.92 Å². The number of carbonyl (C=O) groups excluding carboxylic acids is 1. The molecule has 2 aromatic heterocycles. The van der Waals surface area contributed by atoms with Crippen molar-refractivity contribution in [3.63, 3.8) is 0 Å². The zero-order chi connectivity index (χ0) is 21.5. The third-order valence-electron chi connectivity index (χ3n) is 4.64. The summed E-state index contributed by atoms with van der Waals surface area (Å²) in [6, 6.07) is 22.8. The fraction of sp³-hybridized carbons (Fsp3) is 0.0435. The minimum Gasteiger partial charge on any atom is -0.393 e. The standard InChI is InChI=1S/C23H21N7O/c24-20-21(28-18-12-7-13-25-14-18)26-15-27-22(20)29-30-23(31)19(16-8-3-1-4-9-16)17-10-5-2-6-11-17/h1-15,19H,24H2,(H,30,31)(H2,26,27,28,29). The van der Waals surface area contributed by atoms with Gasteiger partial charge in [-0.3, -0.25) is 20.6 Å². The minimum atomic E-state index is -0.494. The Bertz CT molecular complexity index is 1100. The summed E-state index contributed by atoms with van der Waals surface area (Å²) in [6.45, 7) is 0. The molecule has 8 nitrogen and oxygen atoms in total. The molecule has 0 aliphatic heterocycles. The number of nitrogen functional groups attached to an aromatic ring is 1. The van der Waals surface area contributed by atoms with Gasteiger partial charge in [-0.25, -0.2) is 9.97 Å². The molecule has 0 fully saturated rings. The number of amides is 1. The highest BCUT2D eigenvalue weighted by Crippen LogP contribution is 2.27. The number of pyridine rings is 1. The van der Waals surface area contributed by atoms with Gasteiger partial charge in [0.15, 0.2) is 11.6 Å². The van der Waals surface area contributed by atoms with Gasteiger partial charge < -0.3 is 11.1 Å². The van der Waals surface area contributed by atoms with Crippen molar-refractivity contribution in [1.82, 2.24) is 20.4 Å². The molecular weight excluding hydrogens is 390 g/mol. The molecule has 5 N–H and O–H groups in total. The van der Waals surface area contributed by atoms with Gasteiger partial charge in [0.1, 0.15) is 12.0 Å². The maximum Gasteiger partial charge on any atom is 0.250 e. The molecule has 4 aromatic rings. The molecule has 0 aliphatic carbocycles. The van der Waals surface area contributed by atoms with Crippen molar-refractivity contribution in [3.05, 3.63) is 103 Å². The smallest absolute Gasteiger partial charge is 0.250 e. The Morgan fingerprint density at radius 2 is 1.48 bits per heavy atom. The van der Waals surface area contributed by atoms with E-state index in [0.717, 1.165) is 16.8 Å².